The highest BCUT2D eigenvalue weighted by Gasteiger charge is 2.32. The van der Waals surface area contributed by atoms with Crippen molar-refractivity contribution < 1.29 is 4.79 Å². The van der Waals surface area contributed by atoms with E-state index < -0.39 is 5.54 Å². The van der Waals surface area contributed by atoms with E-state index in [-0.39, 0.29) is 5.91 Å². The normalized spacial score (nSPS) is 18.1. The van der Waals surface area contributed by atoms with E-state index >= 15 is 0 Å². The maximum atomic E-state index is 12.2. The highest BCUT2D eigenvalue weighted by molar-refractivity contribution is 14.1. The molecule has 1 saturated carbocycles. The molecule has 1 aromatic rings. The van der Waals surface area contributed by atoms with E-state index in [1.807, 2.05) is 12.1 Å². The minimum atomic E-state index is -0.670. The van der Waals surface area contributed by atoms with Crippen LogP contribution in [0.2, 0.25) is 0 Å². The van der Waals surface area contributed by atoms with Gasteiger partial charge in [-0.15, -0.1) is 0 Å². The van der Waals surface area contributed by atoms with Crippen LogP contribution < -0.4 is 5.32 Å². The van der Waals surface area contributed by atoms with Gasteiger partial charge in [0.1, 0.15) is 5.54 Å². The van der Waals surface area contributed by atoms with Crippen LogP contribution in [-0.4, -0.2) is 11.4 Å². The smallest absolute Gasteiger partial charge is 0.252 e. The minimum absolute atomic E-state index is 0.139. The van der Waals surface area contributed by atoms with Crippen LogP contribution in [0.4, 0.5) is 0 Å². The van der Waals surface area contributed by atoms with Crippen molar-refractivity contribution in [2.75, 3.05) is 0 Å². The Kier molecular flexibility index (Phi) is 4.81. The third kappa shape index (κ3) is 3.69. The maximum Gasteiger partial charge on any atom is 0.252 e. The molecule has 0 atom stereocenters. The van der Waals surface area contributed by atoms with Crippen LogP contribution in [0.3, 0.4) is 0 Å². The Balaban J connectivity index is 2.11. The number of carbonyl (C=O) groups is 1. The van der Waals surface area contributed by atoms with Crippen LogP contribution in [0.5, 0.6) is 0 Å². The van der Waals surface area contributed by atoms with Crippen molar-refractivity contribution in [3.8, 4) is 6.07 Å². The lowest BCUT2D eigenvalue weighted by molar-refractivity contribution is 0.0913. The lowest BCUT2D eigenvalue weighted by Crippen LogP contribution is -2.47. The summed E-state index contributed by atoms with van der Waals surface area (Å²) in [5.74, 6) is -0.139. The molecule has 0 bridgehead atoms. The van der Waals surface area contributed by atoms with Gasteiger partial charge in [-0.2, -0.15) is 5.26 Å². The molecule has 0 unspecified atom stereocenters. The summed E-state index contributed by atoms with van der Waals surface area (Å²) in [5, 5.41) is 12.4. The third-order valence-corrected chi connectivity index (χ3v) is 4.35. The lowest BCUT2D eigenvalue weighted by Gasteiger charge is -2.26. The van der Waals surface area contributed by atoms with Gasteiger partial charge in [-0.3, -0.25) is 4.79 Å². The summed E-state index contributed by atoms with van der Waals surface area (Å²) in [5.41, 5.74) is -0.0457. The number of hydrogen-bond acceptors (Lipinski definition) is 2. The molecule has 19 heavy (non-hydrogen) atoms. The Morgan fingerprint density at radius 1 is 1.16 bits per heavy atom. The van der Waals surface area contributed by atoms with E-state index in [4.69, 9.17) is 0 Å². The first-order valence-corrected chi connectivity index (χ1v) is 7.72. The molecule has 0 spiro atoms. The fourth-order valence-corrected chi connectivity index (χ4v) is 2.85. The zero-order chi connectivity index (χ0) is 13.7. The fourth-order valence-electron chi connectivity index (χ4n) is 2.49. The second kappa shape index (κ2) is 6.38. The van der Waals surface area contributed by atoms with Crippen LogP contribution >= 0.6 is 22.6 Å². The summed E-state index contributed by atoms with van der Waals surface area (Å²) in [6.07, 6.45) is 5.87. The number of rotatable bonds is 2. The third-order valence-electron chi connectivity index (χ3n) is 3.63. The number of nitrogens with one attached hydrogen (secondary N) is 1. The molecule has 1 aromatic carbocycles. The first kappa shape index (κ1) is 14.3. The molecule has 100 valence electrons. The standard InChI is InChI=1S/C15H17IN2O/c16-13-7-5-12(6-8-13)14(19)18-15(11-17)9-3-1-2-4-10-15/h5-8H,1-4,9-10H2,(H,18,19). The minimum Gasteiger partial charge on any atom is -0.334 e. The SMILES string of the molecule is N#CC1(NC(=O)c2ccc(I)cc2)CCCCCC1. The molecule has 0 saturated heterocycles. The number of hydrogen-bond donors (Lipinski definition) is 1. The van der Waals surface area contributed by atoms with E-state index in [1.165, 1.54) is 0 Å². The molecule has 0 radical (unpaired) electrons. The summed E-state index contributed by atoms with van der Waals surface area (Å²) in [6, 6.07) is 9.75. The zero-order valence-electron chi connectivity index (χ0n) is 10.8. The van der Waals surface area contributed by atoms with E-state index in [2.05, 4.69) is 34.0 Å². The Bertz CT molecular complexity index is 482. The van der Waals surface area contributed by atoms with Crippen LogP contribution in [0.1, 0.15) is 48.9 Å². The number of nitriles is 1. The van der Waals surface area contributed by atoms with Crippen molar-refractivity contribution in [1.82, 2.24) is 5.32 Å². The highest BCUT2D eigenvalue weighted by Crippen LogP contribution is 2.27. The topological polar surface area (TPSA) is 52.9 Å². The first-order valence-electron chi connectivity index (χ1n) is 6.65. The number of halogens is 1. The van der Waals surface area contributed by atoms with Gasteiger partial charge in [0, 0.05) is 9.13 Å². The maximum absolute atomic E-state index is 12.2. The number of nitrogens with zero attached hydrogens (tertiary/aromatic N) is 1. The Morgan fingerprint density at radius 2 is 1.74 bits per heavy atom. The molecule has 1 N–H and O–H groups in total. The summed E-state index contributed by atoms with van der Waals surface area (Å²) < 4.78 is 1.10. The summed E-state index contributed by atoms with van der Waals surface area (Å²) in [6.45, 7) is 0. The molecule has 3 nitrogen and oxygen atoms in total. The van der Waals surface area contributed by atoms with Gasteiger partial charge in [0.2, 0.25) is 0 Å². The molecule has 4 heteroatoms. The molecule has 1 aliphatic rings. The van der Waals surface area contributed by atoms with Gasteiger partial charge < -0.3 is 5.32 Å². The highest BCUT2D eigenvalue weighted by atomic mass is 127. The Hall–Kier alpha value is -1.09. The summed E-state index contributed by atoms with van der Waals surface area (Å²) in [7, 11) is 0. The first-order chi connectivity index (χ1) is 9.15. The monoisotopic (exact) mass is 368 g/mol. The van der Waals surface area contributed by atoms with E-state index in [0.29, 0.717) is 5.56 Å². The molecule has 0 aromatic heterocycles. The Labute approximate surface area is 127 Å². The van der Waals surface area contributed by atoms with Crippen LogP contribution in [0.15, 0.2) is 24.3 Å². The van der Waals surface area contributed by atoms with Crippen molar-refractivity contribution in [2.24, 2.45) is 0 Å². The van der Waals surface area contributed by atoms with Gasteiger partial charge >= 0.3 is 0 Å². The van der Waals surface area contributed by atoms with Gasteiger partial charge in [0.05, 0.1) is 6.07 Å². The van der Waals surface area contributed by atoms with Crippen LogP contribution in [0, 0.1) is 14.9 Å². The predicted octanol–water partition coefficient (Wildman–Crippen LogP) is 3.64. The Morgan fingerprint density at radius 3 is 2.26 bits per heavy atom. The van der Waals surface area contributed by atoms with E-state index in [1.54, 1.807) is 12.1 Å². The average molecular weight is 368 g/mol. The van der Waals surface area contributed by atoms with Crippen molar-refractivity contribution in [2.45, 2.75) is 44.1 Å². The predicted molar refractivity (Wildman–Crippen MR) is 82.7 cm³/mol. The van der Waals surface area contributed by atoms with Crippen molar-refractivity contribution in [3.05, 3.63) is 33.4 Å². The summed E-state index contributed by atoms with van der Waals surface area (Å²) in [4.78, 5) is 12.2. The van der Waals surface area contributed by atoms with Crippen LogP contribution in [0.25, 0.3) is 0 Å². The number of amides is 1. The second-order valence-corrected chi connectivity index (χ2v) is 6.31. The van der Waals surface area contributed by atoms with Crippen molar-refractivity contribution in [1.29, 1.82) is 5.26 Å². The van der Waals surface area contributed by atoms with Crippen molar-refractivity contribution >= 4 is 28.5 Å². The molecule has 2 rings (SSSR count). The largest absolute Gasteiger partial charge is 0.334 e. The van der Waals surface area contributed by atoms with Gasteiger partial charge in [-0.25, -0.2) is 0 Å². The molecule has 0 heterocycles. The molecule has 0 aliphatic heterocycles. The average Bonchev–Trinajstić information content (AvgIpc) is 2.65. The zero-order valence-corrected chi connectivity index (χ0v) is 12.9. The van der Waals surface area contributed by atoms with Gasteiger partial charge in [0.25, 0.3) is 5.91 Å². The number of benzene rings is 1. The van der Waals surface area contributed by atoms with Gasteiger partial charge in [-0.05, 0) is 59.7 Å². The fraction of sp³-hybridized carbons (Fsp3) is 0.467. The molecule has 1 fully saturated rings. The van der Waals surface area contributed by atoms with E-state index in [0.717, 1.165) is 42.1 Å². The quantitative estimate of drug-likeness (QED) is 0.640. The molecule has 1 amide bonds. The van der Waals surface area contributed by atoms with Gasteiger partial charge in [0.15, 0.2) is 0 Å². The molecular weight excluding hydrogens is 351 g/mol. The van der Waals surface area contributed by atoms with Crippen molar-refractivity contribution in [3.63, 3.8) is 0 Å². The summed E-state index contributed by atoms with van der Waals surface area (Å²) >= 11 is 2.21. The molecular formula is C15H17IN2O. The number of carbonyl (C=O) groups excluding carboxylic acids is 1. The lowest BCUT2D eigenvalue weighted by atomic mass is 9.91. The van der Waals surface area contributed by atoms with E-state index in [9.17, 15) is 10.1 Å². The van der Waals surface area contributed by atoms with Gasteiger partial charge in [-0.1, -0.05) is 25.7 Å². The second-order valence-electron chi connectivity index (χ2n) is 5.07. The van der Waals surface area contributed by atoms with Crippen LogP contribution in [-0.2, 0) is 0 Å². The molecule has 1 aliphatic carbocycles.